The highest BCUT2D eigenvalue weighted by Gasteiger charge is 2.15. The molecule has 0 radical (unpaired) electrons. The van der Waals surface area contributed by atoms with Gasteiger partial charge in [0.15, 0.2) is 0 Å². The van der Waals surface area contributed by atoms with Gasteiger partial charge < -0.3 is 10.1 Å². The van der Waals surface area contributed by atoms with Crippen molar-refractivity contribution in [2.75, 3.05) is 11.9 Å². The van der Waals surface area contributed by atoms with Crippen LogP contribution in [0.3, 0.4) is 0 Å². The molecule has 0 aliphatic carbocycles. The Labute approximate surface area is 137 Å². The van der Waals surface area contributed by atoms with E-state index in [2.05, 4.69) is 21.2 Å². The highest BCUT2D eigenvalue weighted by atomic mass is 79.9. The second-order valence-corrected chi connectivity index (χ2v) is 5.84. The van der Waals surface area contributed by atoms with E-state index in [9.17, 15) is 4.39 Å². The average Bonchev–Trinajstić information content (AvgIpc) is 2.43. The standard InChI is InChI=1S/C16H16BrClFNO/c1-3-21-15-7-5-4-6-12(15)10(2)20-16-13(17)8-11(19)9-14(16)18/h4-10,20H,3H2,1-2H3. The van der Waals surface area contributed by atoms with Crippen molar-refractivity contribution >= 4 is 33.2 Å². The zero-order valence-electron chi connectivity index (χ0n) is 11.8. The quantitative estimate of drug-likeness (QED) is 0.714. The lowest BCUT2D eigenvalue weighted by Crippen LogP contribution is -2.10. The minimum Gasteiger partial charge on any atom is -0.494 e. The number of para-hydroxylation sites is 1. The summed E-state index contributed by atoms with van der Waals surface area (Å²) in [7, 11) is 0. The Morgan fingerprint density at radius 2 is 2.05 bits per heavy atom. The van der Waals surface area contributed by atoms with E-state index in [-0.39, 0.29) is 11.9 Å². The molecular formula is C16H16BrClFNO. The fraction of sp³-hybridized carbons (Fsp3) is 0.250. The summed E-state index contributed by atoms with van der Waals surface area (Å²) in [6.07, 6.45) is 0. The molecule has 0 aromatic heterocycles. The summed E-state index contributed by atoms with van der Waals surface area (Å²) in [5.74, 6) is 0.453. The Bertz CT molecular complexity index is 612. The van der Waals surface area contributed by atoms with Gasteiger partial charge in [0.1, 0.15) is 11.6 Å². The molecule has 0 heterocycles. The number of halogens is 3. The third-order valence-electron chi connectivity index (χ3n) is 3.05. The van der Waals surface area contributed by atoms with Crippen LogP contribution >= 0.6 is 27.5 Å². The number of ether oxygens (including phenoxy) is 1. The monoisotopic (exact) mass is 371 g/mol. The molecule has 1 unspecified atom stereocenters. The molecule has 2 rings (SSSR count). The van der Waals surface area contributed by atoms with Gasteiger partial charge in [0.2, 0.25) is 0 Å². The first-order chi connectivity index (χ1) is 10.0. The Balaban J connectivity index is 2.28. The molecule has 0 aliphatic heterocycles. The largest absolute Gasteiger partial charge is 0.494 e. The molecule has 1 atom stereocenters. The van der Waals surface area contributed by atoms with E-state index in [0.717, 1.165) is 11.3 Å². The van der Waals surface area contributed by atoms with Crippen molar-refractivity contribution in [2.24, 2.45) is 0 Å². The van der Waals surface area contributed by atoms with Gasteiger partial charge in [-0.2, -0.15) is 0 Å². The van der Waals surface area contributed by atoms with Crippen LogP contribution in [0.1, 0.15) is 25.5 Å². The molecule has 0 saturated carbocycles. The fourth-order valence-corrected chi connectivity index (χ4v) is 3.02. The first-order valence-corrected chi connectivity index (χ1v) is 7.82. The van der Waals surface area contributed by atoms with Crippen LogP contribution in [0.4, 0.5) is 10.1 Å². The molecule has 0 aliphatic rings. The van der Waals surface area contributed by atoms with E-state index in [1.165, 1.54) is 12.1 Å². The molecule has 0 bridgehead atoms. The van der Waals surface area contributed by atoms with Crippen LogP contribution in [0, 0.1) is 5.82 Å². The zero-order chi connectivity index (χ0) is 15.4. The number of benzene rings is 2. The van der Waals surface area contributed by atoms with Crippen LogP contribution in [0.25, 0.3) is 0 Å². The molecule has 2 aromatic carbocycles. The number of hydrogen-bond acceptors (Lipinski definition) is 2. The predicted molar refractivity (Wildman–Crippen MR) is 88.8 cm³/mol. The molecule has 0 amide bonds. The summed E-state index contributed by atoms with van der Waals surface area (Å²) in [5.41, 5.74) is 1.68. The van der Waals surface area contributed by atoms with E-state index in [1.54, 1.807) is 0 Å². The highest BCUT2D eigenvalue weighted by molar-refractivity contribution is 9.10. The van der Waals surface area contributed by atoms with E-state index in [0.29, 0.717) is 21.8 Å². The Hall–Kier alpha value is -1.26. The molecule has 0 saturated heterocycles. The van der Waals surface area contributed by atoms with Crippen molar-refractivity contribution in [2.45, 2.75) is 19.9 Å². The van der Waals surface area contributed by atoms with Crippen molar-refractivity contribution in [1.29, 1.82) is 0 Å². The van der Waals surface area contributed by atoms with Gasteiger partial charge >= 0.3 is 0 Å². The van der Waals surface area contributed by atoms with Crippen LogP contribution < -0.4 is 10.1 Å². The van der Waals surface area contributed by atoms with Gasteiger partial charge in [-0.05, 0) is 48.0 Å². The highest BCUT2D eigenvalue weighted by Crippen LogP contribution is 2.35. The topological polar surface area (TPSA) is 21.3 Å². The van der Waals surface area contributed by atoms with Crippen molar-refractivity contribution in [3.63, 3.8) is 0 Å². The smallest absolute Gasteiger partial charge is 0.125 e. The van der Waals surface area contributed by atoms with Crippen molar-refractivity contribution in [3.05, 3.63) is 57.3 Å². The maximum absolute atomic E-state index is 13.3. The first kappa shape index (κ1) is 16.1. The average molecular weight is 373 g/mol. The van der Waals surface area contributed by atoms with Gasteiger partial charge in [0.25, 0.3) is 0 Å². The molecule has 2 aromatic rings. The second kappa shape index (κ2) is 7.14. The van der Waals surface area contributed by atoms with Gasteiger partial charge in [0.05, 0.1) is 23.4 Å². The van der Waals surface area contributed by atoms with E-state index >= 15 is 0 Å². The van der Waals surface area contributed by atoms with Crippen molar-refractivity contribution < 1.29 is 9.13 Å². The lowest BCUT2D eigenvalue weighted by molar-refractivity contribution is 0.335. The zero-order valence-corrected chi connectivity index (χ0v) is 14.1. The van der Waals surface area contributed by atoms with E-state index in [1.807, 2.05) is 38.1 Å². The summed E-state index contributed by atoms with van der Waals surface area (Å²) in [6.45, 7) is 4.55. The van der Waals surface area contributed by atoms with E-state index < -0.39 is 0 Å². The van der Waals surface area contributed by atoms with Crippen molar-refractivity contribution in [1.82, 2.24) is 0 Å². The van der Waals surface area contributed by atoms with Crippen LogP contribution in [0.15, 0.2) is 40.9 Å². The minimum atomic E-state index is -0.375. The molecular weight excluding hydrogens is 357 g/mol. The Morgan fingerprint density at radius 3 is 2.71 bits per heavy atom. The van der Waals surface area contributed by atoms with Gasteiger partial charge in [-0.25, -0.2) is 4.39 Å². The fourth-order valence-electron chi connectivity index (χ4n) is 2.10. The van der Waals surface area contributed by atoms with Gasteiger partial charge in [-0.1, -0.05) is 29.8 Å². The minimum absolute atomic E-state index is 0.0352. The molecule has 112 valence electrons. The van der Waals surface area contributed by atoms with Crippen LogP contribution in [-0.2, 0) is 0 Å². The third-order valence-corrected chi connectivity index (χ3v) is 3.98. The van der Waals surface area contributed by atoms with E-state index in [4.69, 9.17) is 16.3 Å². The normalized spacial score (nSPS) is 12.0. The third kappa shape index (κ3) is 3.89. The Morgan fingerprint density at radius 1 is 1.33 bits per heavy atom. The number of anilines is 1. The van der Waals surface area contributed by atoms with Gasteiger partial charge in [-0.3, -0.25) is 0 Å². The lowest BCUT2D eigenvalue weighted by atomic mass is 10.1. The maximum Gasteiger partial charge on any atom is 0.125 e. The molecule has 0 fully saturated rings. The number of nitrogens with one attached hydrogen (secondary N) is 1. The second-order valence-electron chi connectivity index (χ2n) is 4.58. The number of rotatable bonds is 5. The maximum atomic E-state index is 13.3. The SMILES string of the molecule is CCOc1ccccc1C(C)Nc1c(Cl)cc(F)cc1Br. The van der Waals surface area contributed by atoms with Crippen molar-refractivity contribution in [3.8, 4) is 5.75 Å². The summed E-state index contributed by atoms with van der Waals surface area (Å²) >= 11 is 9.43. The molecule has 0 spiro atoms. The first-order valence-electron chi connectivity index (χ1n) is 6.65. The van der Waals surface area contributed by atoms with Crippen LogP contribution in [-0.4, -0.2) is 6.61 Å². The summed E-state index contributed by atoms with van der Waals surface area (Å²) in [5, 5.41) is 3.63. The number of hydrogen-bond donors (Lipinski definition) is 1. The van der Waals surface area contributed by atoms with Crippen LogP contribution in [0.5, 0.6) is 5.75 Å². The summed E-state index contributed by atoms with van der Waals surface area (Å²) in [4.78, 5) is 0. The van der Waals surface area contributed by atoms with Gasteiger partial charge in [-0.15, -0.1) is 0 Å². The Kier molecular flexibility index (Phi) is 5.48. The molecule has 1 N–H and O–H groups in total. The van der Waals surface area contributed by atoms with Crippen LogP contribution in [0.2, 0.25) is 5.02 Å². The molecule has 2 nitrogen and oxygen atoms in total. The molecule has 21 heavy (non-hydrogen) atoms. The van der Waals surface area contributed by atoms with Gasteiger partial charge in [0, 0.05) is 10.0 Å². The lowest BCUT2D eigenvalue weighted by Gasteiger charge is -2.20. The summed E-state index contributed by atoms with van der Waals surface area (Å²) in [6, 6.07) is 10.4. The molecule has 5 heteroatoms. The predicted octanol–water partition coefficient (Wildman–Crippen LogP) is 5.81. The summed E-state index contributed by atoms with van der Waals surface area (Å²) < 4.78 is 19.5.